The smallest absolute Gasteiger partial charge is 0.278 e. The van der Waals surface area contributed by atoms with Crippen molar-refractivity contribution in [2.24, 2.45) is 0 Å². The van der Waals surface area contributed by atoms with E-state index in [-0.39, 0.29) is 11.8 Å². The third-order valence-corrected chi connectivity index (χ3v) is 4.48. The summed E-state index contributed by atoms with van der Waals surface area (Å²) in [5.41, 5.74) is 4.44. The van der Waals surface area contributed by atoms with Gasteiger partial charge in [-0.05, 0) is 43.7 Å². The van der Waals surface area contributed by atoms with Gasteiger partial charge in [-0.3, -0.25) is 14.5 Å². The van der Waals surface area contributed by atoms with E-state index < -0.39 is 0 Å². The van der Waals surface area contributed by atoms with E-state index in [1.165, 1.54) is 4.90 Å². The Morgan fingerprint density at radius 1 is 0.923 bits per heavy atom. The summed E-state index contributed by atoms with van der Waals surface area (Å²) in [6.07, 6.45) is 0. The Morgan fingerprint density at radius 3 is 2.08 bits per heavy atom. The van der Waals surface area contributed by atoms with Gasteiger partial charge in [0.25, 0.3) is 11.8 Å². The average Bonchev–Trinajstić information content (AvgIpc) is 2.86. The lowest BCUT2D eigenvalue weighted by Crippen LogP contribution is -2.32. The molecule has 0 saturated carbocycles. The summed E-state index contributed by atoms with van der Waals surface area (Å²) in [4.78, 5) is 28.8. The molecule has 0 radical (unpaired) electrons. The van der Waals surface area contributed by atoms with E-state index in [1.807, 2.05) is 74.4 Å². The number of benzene rings is 2. The van der Waals surface area contributed by atoms with Gasteiger partial charge in [0.15, 0.2) is 0 Å². The molecule has 1 aliphatic rings. The van der Waals surface area contributed by atoms with Gasteiger partial charge < -0.3 is 10.2 Å². The molecule has 0 saturated heterocycles. The zero-order chi connectivity index (χ0) is 18.8. The molecule has 3 rings (SSSR count). The molecule has 1 heterocycles. The second-order valence-electron chi connectivity index (χ2n) is 6.54. The number of carbonyl (C=O) groups is 2. The molecule has 1 aliphatic heterocycles. The van der Waals surface area contributed by atoms with Crippen LogP contribution in [0.1, 0.15) is 18.1 Å². The fourth-order valence-electron chi connectivity index (χ4n) is 2.95. The van der Waals surface area contributed by atoms with Gasteiger partial charge in [0, 0.05) is 32.0 Å². The van der Waals surface area contributed by atoms with Crippen LogP contribution < -0.4 is 10.2 Å². The van der Waals surface area contributed by atoms with Crippen molar-refractivity contribution in [1.82, 2.24) is 4.90 Å². The first-order valence-electron chi connectivity index (χ1n) is 8.64. The van der Waals surface area contributed by atoms with Crippen LogP contribution in [0.2, 0.25) is 0 Å². The maximum atomic E-state index is 12.8. The van der Waals surface area contributed by atoms with Crippen molar-refractivity contribution in [1.29, 1.82) is 0 Å². The molecule has 1 N–H and O–H groups in total. The summed E-state index contributed by atoms with van der Waals surface area (Å²) in [5.74, 6) is -0.543. The Morgan fingerprint density at radius 2 is 1.54 bits per heavy atom. The highest BCUT2D eigenvalue weighted by Crippen LogP contribution is 2.30. The van der Waals surface area contributed by atoms with Gasteiger partial charge in [0.05, 0.1) is 5.57 Å². The van der Waals surface area contributed by atoms with Crippen molar-refractivity contribution in [3.05, 3.63) is 65.4 Å². The molecule has 2 aromatic rings. The Labute approximate surface area is 153 Å². The summed E-state index contributed by atoms with van der Waals surface area (Å²) < 4.78 is 0. The molecule has 0 unspecified atom stereocenters. The summed E-state index contributed by atoms with van der Waals surface area (Å²) >= 11 is 0. The first-order valence-corrected chi connectivity index (χ1v) is 8.64. The maximum Gasteiger partial charge on any atom is 0.278 e. The Kier molecular flexibility index (Phi) is 4.80. The third-order valence-electron chi connectivity index (χ3n) is 4.48. The number of likely N-dealkylation sites (N-methyl/N-ethyl adjacent to an activating group) is 1. The predicted molar refractivity (Wildman–Crippen MR) is 105 cm³/mol. The number of imide groups is 1. The molecule has 2 amide bonds. The van der Waals surface area contributed by atoms with Crippen molar-refractivity contribution in [2.45, 2.75) is 13.8 Å². The summed E-state index contributed by atoms with van der Waals surface area (Å²) in [5, 5.41) is 3.16. The number of amides is 2. The fourth-order valence-corrected chi connectivity index (χ4v) is 2.95. The van der Waals surface area contributed by atoms with Crippen molar-refractivity contribution < 1.29 is 9.59 Å². The van der Waals surface area contributed by atoms with E-state index in [9.17, 15) is 9.59 Å². The van der Waals surface area contributed by atoms with Crippen molar-refractivity contribution in [3.8, 4) is 0 Å². The molecule has 0 atom stereocenters. The van der Waals surface area contributed by atoms with Crippen molar-refractivity contribution >= 4 is 28.8 Å². The van der Waals surface area contributed by atoms with Crippen LogP contribution in [0.5, 0.6) is 0 Å². The fraction of sp³-hybridized carbons (Fsp3) is 0.238. The van der Waals surface area contributed by atoms with E-state index in [0.29, 0.717) is 17.8 Å². The van der Waals surface area contributed by atoms with Crippen LogP contribution in [-0.2, 0) is 9.59 Å². The minimum Gasteiger partial charge on any atom is -0.378 e. The van der Waals surface area contributed by atoms with Gasteiger partial charge in [0.2, 0.25) is 0 Å². The summed E-state index contributed by atoms with van der Waals surface area (Å²) in [7, 11) is 3.94. The SMILES string of the molecule is CCN1C(=O)C(Nc2ccc(N(C)C)cc2)=C(c2ccc(C)cc2)C1=O. The number of hydrogen-bond acceptors (Lipinski definition) is 4. The second kappa shape index (κ2) is 7.04. The van der Waals surface area contributed by atoms with E-state index in [1.54, 1.807) is 6.92 Å². The van der Waals surface area contributed by atoms with Gasteiger partial charge >= 0.3 is 0 Å². The minimum atomic E-state index is -0.287. The van der Waals surface area contributed by atoms with Gasteiger partial charge in [-0.1, -0.05) is 29.8 Å². The van der Waals surface area contributed by atoms with Crippen LogP contribution in [0.15, 0.2) is 54.2 Å². The largest absolute Gasteiger partial charge is 0.378 e. The van der Waals surface area contributed by atoms with E-state index in [0.717, 1.165) is 22.5 Å². The first-order chi connectivity index (χ1) is 12.4. The van der Waals surface area contributed by atoms with E-state index in [2.05, 4.69) is 5.32 Å². The summed E-state index contributed by atoms with van der Waals surface area (Å²) in [6.45, 7) is 4.14. The number of hydrogen-bond donors (Lipinski definition) is 1. The average molecular weight is 349 g/mol. The molecule has 0 spiro atoms. The number of nitrogens with zero attached hydrogens (tertiary/aromatic N) is 2. The Bertz CT molecular complexity index is 865. The van der Waals surface area contributed by atoms with Gasteiger partial charge in [-0.15, -0.1) is 0 Å². The molecule has 0 bridgehead atoms. The van der Waals surface area contributed by atoms with Crippen LogP contribution in [0.25, 0.3) is 5.57 Å². The van der Waals surface area contributed by atoms with E-state index >= 15 is 0 Å². The number of nitrogens with one attached hydrogen (secondary N) is 1. The standard InChI is InChI=1S/C21H23N3O2/c1-5-24-20(25)18(15-8-6-14(2)7-9-15)19(21(24)26)22-16-10-12-17(13-11-16)23(3)4/h6-13,22H,5H2,1-4H3. The molecule has 5 nitrogen and oxygen atoms in total. The van der Waals surface area contributed by atoms with Crippen molar-refractivity contribution in [3.63, 3.8) is 0 Å². The lowest BCUT2D eigenvalue weighted by molar-refractivity contribution is -0.136. The molecule has 134 valence electrons. The predicted octanol–water partition coefficient (Wildman–Crippen LogP) is 3.27. The highest BCUT2D eigenvalue weighted by molar-refractivity contribution is 6.36. The molecule has 2 aromatic carbocycles. The molecule has 26 heavy (non-hydrogen) atoms. The molecule has 5 heteroatoms. The molecule has 0 aliphatic carbocycles. The molecular formula is C21H23N3O2. The summed E-state index contributed by atoms with van der Waals surface area (Å²) in [6, 6.07) is 15.4. The van der Waals surface area contributed by atoms with Crippen LogP contribution in [0.3, 0.4) is 0 Å². The van der Waals surface area contributed by atoms with E-state index in [4.69, 9.17) is 0 Å². The molecular weight excluding hydrogens is 326 g/mol. The molecule has 0 fully saturated rings. The highest BCUT2D eigenvalue weighted by Gasteiger charge is 2.38. The van der Waals surface area contributed by atoms with Crippen LogP contribution >= 0.6 is 0 Å². The lowest BCUT2D eigenvalue weighted by atomic mass is 10.0. The zero-order valence-electron chi connectivity index (χ0n) is 15.5. The van der Waals surface area contributed by atoms with Crippen LogP contribution in [0.4, 0.5) is 11.4 Å². The quantitative estimate of drug-likeness (QED) is 0.842. The van der Waals surface area contributed by atoms with Crippen LogP contribution in [-0.4, -0.2) is 37.4 Å². The number of carbonyl (C=O) groups excluding carboxylic acids is 2. The first kappa shape index (κ1) is 17.7. The number of aryl methyl sites for hydroxylation is 1. The second-order valence-corrected chi connectivity index (χ2v) is 6.54. The van der Waals surface area contributed by atoms with Gasteiger partial charge in [-0.25, -0.2) is 0 Å². The van der Waals surface area contributed by atoms with Crippen molar-refractivity contribution in [2.75, 3.05) is 30.9 Å². The minimum absolute atomic E-state index is 0.256. The van der Waals surface area contributed by atoms with Crippen LogP contribution in [0, 0.1) is 6.92 Å². The normalized spacial score (nSPS) is 14.2. The number of rotatable bonds is 5. The third kappa shape index (κ3) is 3.20. The van der Waals surface area contributed by atoms with Gasteiger partial charge in [-0.2, -0.15) is 0 Å². The highest BCUT2D eigenvalue weighted by atomic mass is 16.2. The topological polar surface area (TPSA) is 52.7 Å². The Hall–Kier alpha value is -3.08. The maximum absolute atomic E-state index is 12.8. The zero-order valence-corrected chi connectivity index (χ0v) is 15.5. The number of anilines is 2. The molecule has 0 aromatic heterocycles. The van der Waals surface area contributed by atoms with Gasteiger partial charge in [0.1, 0.15) is 5.70 Å². The monoisotopic (exact) mass is 349 g/mol. The lowest BCUT2D eigenvalue weighted by Gasteiger charge is -2.14. The Balaban J connectivity index is 2.02.